The summed E-state index contributed by atoms with van der Waals surface area (Å²) in [5.74, 6) is 0. The maximum absolute atomic E-state index is 11.5. The fraction of sp³-hybridized carbons (Fsp3) is 0.533. The van der Waals surface area contributed by atoms with E-state index in [1.165, 1.54) is 0 Å². The molecule has 0 aromatic heterocycles. The molecule has 1 fully saturated rings. The first-order valence-corrected chi connectivity index (χ1v) is 6.99. The summed E-state index contributed by atoms with van der Waals surface area (Å²) in [6.45, 7) is 9.25. The smallest absolute Gasteiger partial charge is 0.414 e. The number of amides is 1. The van der Waals surface area contributed by atoms with Crippen LogP contribution in [0.25, 0.3) is 0 Å². The van der Waals surface area contributed by atoms with Crippen molar-refractivity contribution in [3.8, 4) is 0 Å². The van der Waals surface area contributed by atoms with Gasteiger partial charge >= 0.3 is 6.09 Å². The summed E-state index contributed by atoms with van der Waals surface area (Å²) in [6, 6.07) is 7.84. The molecule has 0 aliphatic carbocycles. The second-order valence-corrected chi connectivity index (χ2v) is 5.92. The van der Waals surface area contributed by atoms with Crippen LogP contribution in [0.15, 0.2) is 24.3 Å². The molecule has 0 spiro atoms. The highest BCUT2D eigenvalue weighted by Crippen LogP contribution is 2.22. The number of anilines is 2. The Labute approximate surface area is 120 Å². The highest BCUT2D eigenvalue weighted by Gasteiger charge is 2.23. The van der Waals surface area contributed by atoms with E-state index in [1.807, 2.05) is 24.3 Å². The normalized spacial score (nSPS) is 15.3. The van der Waals surface area contributed by atoms with Crippen molar-refractivity contribution in [1.29, 1.82) is 0 Å². The van der Waals surface area contributed by atoms with Crippen LogP contribution < -0.4 is 15.5 Å². The number of cyclic esters (lactones) is 1. The fourth-order valence-electron chi connectivity index (χ4n) is 2.06. The molecule has 0 saturated carbocycles. The first-order chi connectivity index (χ1) is 9.46. The van der Waals surface area contributed by atoms with Crippen LogP contribution in [0.1, 0.15) is 20.8 Å². The molecule has 0 atom stereocenters. The number of carbonyl (C=O) groups is 1. The van der Waals surface area contributed by atoms with Gasteiger partial charge in [0.15, 0.2) is 0 Å². The van der Waals surface area contributed by atoms with Gasteiger partial charge in [0.2, 0.25) is 0 Å². The van der Waals surface area contributed by atoms with E-state index in [4.69, 9.17) is 4.74 Å². The van der Waals surface area contributed by atoms with Gasteiger partial charge in [-0.2, -0.15) is 0 Å². The highest BCUT2D eigenvalue weighted by atomic mass is 16.6. The molecule has 1 amide bonds. The number of nitrogens with one attached hydrogen (secondary N) is 2. The van der Waals surface area contributed by atoms with E-state index in [0.29, 0.717) is 13.2 Å². The molecule has 2 N–H and O–H groups in total. The zero-order chi connectivity index (χ0) is 14.6. The number of rotatable bonds is 5. The van der Waals surface area contributed by atoms with Crippen LogP contribution in [-0.4, -0.2) is 37.9 Å². The summed E-state index contributed by atoms with van der Waals surface area (Å²) in [6.07, 6.45) is -0.267. The van der Waals surface area contributed by atoms with E-state index < -0.39 is 0 Å². The predicted octanol–water partition coefficient (Wildman–Crippen LogP) is 2.44. The van der Waals surface area contributed by atoms with Crippen LogP contribution in [-0.2, 0) is 4.74 Å². The van der Waals surface area contributed by atoms with Gasteiger partial charge in [0.05, 0.1) is 6.54 Å². The first kappa shape index (κ1) is 14.7. The van der Waals surface area contributed by atoms with E-state index >= 15 is 0 Å². The molecule has 0 bridgehead atoms. The second-order valence-electron chi connectivity index (χ2n) is 5.92. The van der Waals surface area contributed by atoms with Crippen molar-refractivity contribution in [2.45, 2.75) is 26.3 Å². The van der Waals surface area contributed by atoms with Crippen LogP contribution in [0.5, 0.6) is 0 Å². The van der Waals surface area contributed by atoms with E-state index in [1.54, 1.807) is 4.90 Å². The van der Waals surface area contributed by atoms with Gasteiger partial charge in [-0.1, -0.05) is 6.07 Å². The number of nitrogens with zero attached hydrogens (tertiary/aromatic N) is 1. The highest BCUT2D eigenvalue weighted by molar-refractivity contribution is 5.89. The lowest BCUT2D eigenvalue weighted by molar-refractivity contribution is 0.181. The Kier molecular flexibility index (Phi) is 4.49. The average Bonchev–Trinajstić information content (AvgIpc) is 2.80. The maximum Gasteiger partial charge on any atom is 0.414 e. The third-order valence-corrected chi connectivity index (χ3v) is 3.03. The van der Waals surface area contributed by atoms with E-state index in [0.717, 1.165) is 24.5 Å². The van der Waals surface area contributed by atoms with Crippen molar-refractivity contribution in [3.63, 3.8) is 0 Å². The van der Waals surface area contributed by atoms with Crippen molar-refractivity contribution >= 4 is 17.5 Å². The largest absolute Gasteiger partial charge is 0.447 e. The Morgan fingerprint density at radius 3 is 2.75 bits per heavy atom. The summed E-state index contributed by atoms with van der Waals surface area (Å²) in [4.78, 5) is 13.2. The van der Waals surface area contributed by atoms with Gasteiger partial charge < -0.3 is 15.4 Å². The molecule has 1 aliphatic rings. The van der Waals surface area contributed by atoms with Crippen LogP contribution in [0.3, 0.4) is 0 Å². The average molecular weight is 277 g/mol. The quantitative estimate of drug-likeness (QED) is 0.812. The number of hydrogen-bond donors (Lipinski definition) is 2. The zero-order valence-corrected chi connectivity index (χ0v) is 12.4. The lowest BCUT2D eigenvalue weighted by atomic mass is 10.1. The number of ether oxygens (including phenoxy) is 1. The predicted molar refractivity (Wildman–Crippen MR) is 81.4 cm³/mol. The van der Waals surface area contributed by atoms with Crippen molar-refractivity contribution in [3.05, 3.63) is 24.3 Å². The standard InChI is InChI=1S/C15H23N3O2/c1-15(2,3)17-8-7-16-12-5-4-6-13(11-12)18-9-10-20-14(18)19/h4-6,11,16-17H,7-10H2,1-3H3. The molecular weight excluding hydrogens is 254 g/mol. The Morgan fingerprint density at radius 1 is 1.30 bits per heavy atom. The van der Waals surface area contributed by atoms with Gasteiger partial charge in [-0.3, -0.25) is 4.90 Å². The van der Waals surface area contributed by atoms with E-state index in [9.17, 15) is 4.79 Å². The molecule has 1 saturated heterocycles. The molecule has 2 rings (SSSR count). The molecule has 20 heavy (non-hydrogen) atoms. The maximum atomic E-state index is 11.5. The topological polar surface area (TPSA) is 53.6 Å². The number of benzene rings is 1. The lowest BCUT2D eigenvalue weighted by Gasteiger charge is -2.21. The number of carbonyl (C=O) groups excluding carboxylic acids is 1. The zero-order valence-electron chi connectivity index (χ0n) is 12.4. The first-order valence-electron chi connectivity index (χ1n) is 6.99. The molecule has 0 radical (unpaired) electrons. The molecule has 110 valence electrons. The minimum atomic E-state index is -0.267. The van der Waals surface area contributed by atoms with E-state index in [-0.39, 0.29) is 11.6 Å². The van der Waals surface area contributed by atoms with Gasteiger partial charge in [-0.15, -0.1) is 0 Å². The summed E-state index contributed by atoms with van der Waals surface area (Å²) >= 11 is 0. The van der Waals surface area contributed by atoms with Gasteiger partial charge in [-0.25, -0.2) is 4.79 Å². The second kappa shape index (κ2) is 6.13. The minimum Gasteiger partial charge on any atom is -0.447 e. The van der Waals surface area contributed by atoms with Crippen molar-refractivity contribution in [2.24, 2.45) is 0 Å². The van der Waals surface area contributed by atoms with Crippen LogP contribution >= 0.6 is 0 Å². The summed E-state index contributed by atoms with van der Waals surface area (Å²) in [5, 5.41) is 6.78. The Balaban J connectivity index is 1.88. The SMILES string of the molecule is CC(C)(C)NCCNc1cccc(N2CCOC2=O)c1. The van der Waals surface area contributed by atoms with Crippen LogP contribution in [0.4, 0.5) is 16.2 Å². The monoisotopic (exact) mass is 277 g/mol. The molecule has 5 nitrogen and oxygen atoms in total. The van der Waals surface area contributed by atoms with E-state index in [2.05, 4.69) is 31.4 Å². The Hall–Kier alpha value is -1.75. The summed E-state index contributed by atoms with van der Waals surface area (Å²) < 4.78 is 4.95. The van der Waals surface area contributed by atoms with Crippen molar-refractivity contribution in [1.82, 2.24) is 5.32 Å². The molecule has 1 aromatic carbocycles. The Morgan fingerprint density at radius 2 is 2.10 bits per heavy atom. The Bertz CT molecular complexity index is 468. The molecule has 0 unspecified atom stereocenters. The number of hydrogen-bond acceptors (Lipinski definition) is 4. The molecule has 1 aliphatic heterocycles. The van der Waals surface area contributed by atoms with Gasteiger partial charge in [-0.05, 0) is 39.0 Å². The van der Waals surface area contributed by atoms with Crippen LogP contribution in [0.2, 0.25) is 0 Å². The summed E-state index contributed by atoms with van der Waals surface area (Å²) in [5.41, 5.74) is 2.02. The minimum absolute atomic E-state index is 0.128. The summed E-state index contributed by atoms with van der Waals surface area (Å²) in [7, 11) is 0. The molecule has 5 heteroatoms. The van der Waals surface area contributed by atoms with Crippen molar-refractivity contribution < 1.29 is 9.53 Å². The van der Waals surface area contributed by atoms with Crippen LogP contribution in [0, 0.1) is 0 Å². The molecule has 1 heterocycles. The van der Waals surface area contributed by atoms with Gasteiger partial charge in [0.1, 0.15) is 6.61 Å². The third-order valence-electron chi connectivity index (χ3n) is 3.03. The third kappa shape index (κ3) is 4.13. The molecule has 1 aromatic rings. The van der Waals surface area contributed by atoms with Gasteiger partial charge in [0, 0.05) is 30.0 Å². The molecular formula is C15H23N3O2. The lowest BCUT2D eigenvalue weighted by Crippen LogP contribution is -2.38. The fourth-order valence-corrected chi connectivity index (χ4v) is 2.06. The van der Waals surface area contributed by atoms with Crippen molar-refractivity contribution in [2.75, 3.05) is 36.5 Å². The van der Waals surface area contributed by atoms with Gasteiger partial charge in [0.25, 0.3) is 0 Å².